The number of hydrogen-bond donors (Lipinski definition) is 1. The molecule has 3 rings (SSSR count). The molecule has 0 aromatic heterocycles. The fraction of sp³-hybridized carbons (Fsp3) is 0.571. The van der Waals surface area contributed by atoms with Crippen LogP contribution < -0.4 is 5.32 Å². The van der Waals surface area contributed by atoms with Crippen LogP contribution in [0.2, 0.25) is 0 Å². The largest absolute Gasteiger partial charge is 0.316 e. The number of rotatable bonds is 2. The zero-order valence-electron chi connectivity index (χ0n) is 10.2. The van der Waals surface area contributed by atoms with E-state index in [9.17, 15) is 0 Å². The van der Waals surface area contributed by atoms with E-state index >= 15 is 0 Å². The molecule has 2 aliphatic rings. The third kappa shape index (κ3) is 2.82. The van der Waals surface area contributed by atoms with Crippen molar-refractivity contribution in [2.45, 2.75) is 19.4 Å². The Bertz CT molecular complexity index is 346. The summed E-state index contributed by atoms with van der Waals surface area (Å²) in [5, 5.41) is 3.51. The van der Waals surface area contributed by atoms with Crippen molar-refractivity contribution < 1.29 is 0 Å². The van der Waals surface area contributed by atoms with Crippen molar-refractivity contribution in [3.63, 3.8) is 0 Å². The van der Waals surface area contributed by atoms with Gasteiger partial charge in [0.1, 0.15) is 0 Å². The van der Waals surface area contributed by atoms with E-state index in [4.69, 9.17) is 0 Å². The lowest BCUT2D eigenvalue weighted by molar-refractivity contribution is 0.268. The molecule has 0 radical (unpaired) electrons. The van der Waals surface area contributed by atoms with Gasteiger partial charge >= 0.3 is 0 Å². The quantitative estimate of drug-likeness (QED) is 0.869. The summed E-state index contributed by atoms with van der Waals surface area (Å²) < 4.78 is 0. The SMILES string of the molecule is Cl.c1ccc(CN2CCC3(CCNC3)C2)cc1. The first kappa shape index (κ1) is 12.9. The standard InChI is InChI=1S/C14H20N2.ClH/c1-2-4-13(5-3-1)10-16-9-7-14(12-16)6-8-15-11-14;/h1-5,15H,6-12H2;1H. The minimum absolute atomic E-state index is 0. The molecular formula is C14H21ClN2. The van der Waals surface area contributed by atoms with Crippen LogP contribution in [0.25, 0.3) is 0 Å². The first-order chi connectivity index (χ1) is 7.86. The lowest BCUT2D eigenvalue weighted by atomic mass is 9.87. The molecule has 1 aromatic rings. The van der Waals surface area contributed by atoms with E-state index in [-0.39, 0.29) is 12.4 Å². The van der Waals surface area contributed by atoms with Crippen LogP contribution in [-0.4, -0.2) is 31.1 Å². The zero-order valence-corrected chi connectivity index (χ0v) is 11.0. The molecule has 17 heavy (non-hydrogen) atoms. The summed E-state index contributed by atoms with van der Waals surface area (Å²) >= 11 is 0. The van der Waals surface area contributed by atoms with Crippen molar-refractivity contribution in [2.24, 2.45) is 5.41 Å². The van der Waals surface area contributed by atoms with Crippen LogP contribution in [0.5, 0.6) is 0 Å². The average molecular weight is 253 g/mol. The monoisotopic (exact) mass is 252 g/mol. The number of nitrogens with zero attached hydrogens (tertiary/aromatic N) is 1. The van der Waals surface area contributed by atoms with Gasteiger partial charge in [-0.3, -0.25) is 4.90 Å². The molecular weight excluding hydrogens is 232 g/mol. The molecule has 2 nitrogen and oxygen atoms in total. The Morgan fingerprint density at radius 1 is 1.18 bits per heavy atom. The molecule has 1 N–H and O–H groups in total. The van der Waals surface area contributed by atoms with E-state index in [0.717, 1.165) is 6.54 Å². The molecule has 2 aliphatic heterocycles. The molecule has 2 saturated heterocycles. The zero-order chi connectivity index (χ0) is 10.8. The number of hydrogen-bond acceptors (Lipinski definition) is 2. The van der Waals surface area contributed by atoms with Gasteiger partial charge in [0.15, 0.2) is 0 Å². The molecule has 2 fully saturated rings. The normalized spacial score (nSPS) is 28.5. The maximum atomic E-state index is 3.51. The van der Waals surface area contributed by atoms with Crippen LogP contribution >= 0.6 is 12.4 Å². The smallest absolute Gasteiger partial charge is 0.0233 e. The van der Waals surface area contributed by atoms with E-state index in [0.29, 0.717) is 5.41 Å². The summed E-state index contributed by atoms with van der Waals surface area (Å²) in [5.74, 6) is 0. The average Bonchev–Trinajstić information content (AvgIpc) is 2.92. The maximum absolute atomic E-state index is 3.51. The van der Waals surface area contributed by atoms with Crippen LogP contribution in [0, 0.1) is 5.41 Å². The molecule has 1 unspecified atom stereocenters. The maximum Gasteiger partial charge on any atom is 0.0233 e. The minimum atomic E-state index is 0. The van der Waals surface area contributed by atoms with Crippen LogP contribution in [0.1, 0.15) is 18.4 Å². The van der Waals surface area contributed by atoms with Crippen LogP contribution in [-0.2, 0) is 6.54 Å². The van der Waals surface area contributed by atoms with Gasteiger partial charge < -0.3 is 5.32 Å². The summed E-state index contributed by atoms with van der Waals surface area (Å²) in [5.41, 5.74) is 2.06. The Kier molecular flexibility index (Phi) is 4.08. The molecule has 3 heteroatoms. The van der Waals surface area contributed by atoms with Crippen molar-refractivity contribution in [1.82, 2.24) is 10.2 Å². The van der Waals surface area contributed by atoms with Gasteiger partial charge in [0.2, 0.25) is 0 Å². The topological polar surface area (TPSA) is 15.3 Å². The Morgan fingerprint density at radius 3 is 2.71 bits per heavy atom. The number of benzene rings is 1. The van der Waals surface area contributed by atoms with Crippen molar-refractivity contribution in [3.05, 3.63) is 35.9 Å². The van der Waals surface area contributed by atoms with Gasteiger partial charge in [0, 0.05) is 19.6 Å². The van der Waals surface area contributed by atoms with E-state index in [1.54, 1.807) is 0 Å². The molecule has 1 atom stereocenters. The van der Waals surface area contributed by atoms with Gasteiger partial charge in [0.05, 0.1) is 0 Å². The highest BCUT2D eigenvalue weighted by atomic mass is 35.5. The second-order valence-corrected chi connectivity index (χ2v) is 5.37. The van der Waals surface area contributed by atoms with Crippen LogP contribution in [0.15, 0.2) is 30.3 Å². The van der Waals surface area contributed by atoms with Crippen LogP contribution in [0.3, 0.4) is 0 Å². The Labute approximate surface area is 110 Å². The highest BCUT2D eigenvalue weighted by Crippen LogP contribution is 2.36. The molecule has 0 aliphatic carbocycles. The number of likely N-dealkylation sites (tertiary alicyclic amines) is 1. The molecule has 0 amide bonds. The predicted octanol–water partition coefficient (Wildman–Crippen LogP) is 2.29. The Hall–Kier alpha value is -0.570. The molecule has 0 saturated carbocycles. The predicted molar refractivity (Wildman–Crippen MR) is 73.5 cm³/mol. The Morgan fingerprint density at radius 2 is 2.00 bits per heavy atom. The summed E-state index contributed by atoms with van der Waals surface area (Å²) in [6.07, 6.45) is 2.76. The second kappa shape index (κ2) is 5.38. The molecule has 2 heterocycles. The Balaban J connectivity index is 0.00000108. The number of nitrogens with one attached hydrogen (secondary N) is 1. The van der Waals surface area contributed by atoms with E-state index in [1.165, 1.54) is 44.6 Å². The first-order valence-corrected chi connectivity index (χ1v) is 6.33. The van der Waals surface area contributed by atoms with Gasteiger partial charge in [-0.25, -0.2) is 0 Å². The van der Waals surface area contributed by atoms with Gasteiger partial charge in [-0.05, 0) is 36.9 Å². The van der Waals surface area contributed by atoms with Crippen molar-refractivity contribution in [2.75, 3.05) is 26.2 Å². The van der Waals surface area contributed by atoms with Crippen molar-refractivity contribution in [1.29, 1.82) is 0 Å². The second-order valence-electron chi connectivity index (χ2n) is 5.37. The molecule has 94 valence electrons. The fourth-order valence-corrected chi connectivity index (χ4v) is 3.15. The summed E-state index contributed by atoms with van der Waals surface area (Å²) in [7, 11) is 0. The van der Waals surface area contributed by atoms with Gasteiger partial charge in [-0.1, -0.05) is 30.3 Å². The van der Waals surface area contributed by atoms with E-state index in [1.807, 2.05) is 0 Å². The van der Waals surface area contributed by atoms with Gasteiger partial charge in [0.25, 0.3) is 0 Å². The molecule has 1 aromatic carbocycles. The fourth-order valence-electron chi connectivity index (χ4n) is 3.15. The summed E-state index contributed by atoms with van der Waals surface area (Å²) in [6.45, 7) is 6.14. The highest BCUT2D eigenvalue weighted by Gasteiger charge is 2.39. The van der Waals surface area contributed by atoms with Crippen molar-refractivity contribution in [3.8, 4) is 0 Å². The van der Waals surface area contributed by atoms with E-state index < -0.39 is 0 Å². The molecule has 1 spiro atoms. The highest BCUT2D eigenvalue weighted by molar-refractivity contribution is 5.85. The number of halogens is 1. The van der Waals surface area contributed by atoms with Gasteiger partial charge in [-0.2, -0.15) is 0 Å². The van der Waals surface area contributed by atoms with Crippen LogP contribution in [0.4, 0.5) is 0 Å². The first-order valence-electron chi connectivity index (χ1n) is 6.33. The minimum Gasteiger partial charge on any atom is -0.316 e. The lowest BCUT2D eigenvalue weighted by Gasteiger charge is -2.22. The third-order valence-corrected chi connectivity index (χ3v) is 4.10. The lowest BCUT2D eigenvalue weighted by Crippen LogP contribution is -2.28. The molecule has 0 bridgehead atoms. The summed E-state index contributed by atoms with van der Waals surface area (Å²) in [4.78, 5) is 2.61. The van der Waals surface area contributed by atoms with E-state index in [2.05, 4.69) is 40.5 Å². The van der Waals surface area contributed by atoms with Crippen molar-refractivity contribution >= 4 is 12.4 Å². The summed E-state index contributed by atoms with van der Waals surface area (Å²) in [6, 6.07) is 10.8. The van der Waals surface area contributed by atoms with Gasteiger partial charge in [-0.15, -0.1) is 12.4 Å². The third-order valence-electron chi connectivity index (χ3n) is 4.10.